The molecule has 0 saturated carbocycles. The summed E-state index contributed by atoms with van der Waals surface area (Å²) in [6, 6.07) is 0.474. The van der Waals surface area contributed by atoms with Crippen LogP contribution < -0.4 is 0 Å². The van der Waals surface area contributed by atoms with Crippen molar-refractivity contribution in [3.63, 3.8) is 0 Å². The Balaban J connectivity index is 0. The number of hydrogen-bond acceptors (Lipinski definition) is 18. The summed E-state index contributed by atoms with van der Waals surface area (Å²) < 4.78 is 34.8. The van der Waals surface area contributed by atoms with Crippen molar-refractivity contribution in [2.75, 3.05) is 0 Å². The summed E-state index contributed by atoms with van der Waals surface area (Å²) in [5.41, 5.74) is 34.1. The second-order valence-corrected chi connectivity index (χ2v) is 46.6. The Morgan fingerprint density at radius 1 is 0.264 bits per heavy atom. The van der Waals surface area contributed by atoms with E-state index >= 15 is 0 Å². The molecule has 13 rings (SSSR count). The lowest BCUT2D eigenvalue weighted by Gasteiger charge is -2.09. The van der Waals surface area contributed by atoms with Crippen molar-refractivity contribution in [3.8, 4) is 0 Å². The van der Waals surface area contributed by atoms with Crippen LogP contribution in [0.1, 0.15) is 516 Å². The summed E-state index contributed by atoms with van der Waals surface area (Å²) in [6.07, 6.45) is 0. The lowest BCUT2D eigenvalue weighted by molar-refractivity contribution is 0.387. The lowest BCUT2D eigenvalue weighted by Crippen LogP contribution is -2.04. The largest absolute Gasteiger partial charge is 0.446 e. The molecule has 13 heterocycles. The Morgan fingerprint density at radius 3 is 0.924 bits per heavy atom. The predicted molar refractivity (Wildman–Crippen MR) is 623 cm³/mol. The molecule has 816 valence electrons. The van der Waals surface area contributed by atoms with E-state index in [4.69, 9.17) is 13.4 Å². The molecule has 0 N–H and O–H groups in total. The maximum atomic E-state index is 5.36. The zero-order valence-corrected chi connectivity index (χ0v) is 106. The van der Waals surface area contributed by atoms with Gasteiger partial charge in [0.1, 0.15) is 34.8 Å². The van der Waals surface area contributed by atoms with Gasteiger partial charge in [-0.15, -0.1) is 22.7 Å². The van der Waals surface area contributed by atoms with Crippen LogP contribution in [0.4, 0.5) is 0 Å². The molecule has 13 aromatic rings. The maximum Gasteiger partial charge on any atom is 0.197 e. The molecule has 144 heavy (non-hydrogen) atoms. The summed E-state index contributed by atoms with van der Waals surface area (Å²) in [5, 5.41) is 19.6. The van der Waals surface area contributed by atoms with Gasteiger partial charge in [-0.2, -0.15) is 19.7 Å². The third-order valence-corrected chi connectivity index (χ3v) is 28.5. The SMILES string of the molecule is CC.CC(C)C.Cc1c(C(C)C)nn(C)c1C.Cc1c(C)c(C(C)C)n(C)c1C.Cc1nc(C(C)C)c(C)n1C.Cc1nc(C(C)C)c(C)o1.Cc1nc(C(C)C)c(C)s1.Cc1nc(C(C)C)n(C)c1C.Cc1nc(C(C)C)oc1C.Cc1nc(C(C)C)sc1C.Cc1nc(C)n(C)c1C(C)C.Cc1nn(C(C)C)c(C)c1C.Cc1nn(C)c(C(C)C)c1C.Cc1onc(C(C)C)c1C.Cc1snc(C(C)C)c1C. The highest BCUT2D eigenvalue weighted by Gasteiger charge is 2.21. The number of rotatable bonds is 13. The van der Waals surface area contributed by atoms with Crippen LogP contribution in [-0.4, -0.2) is 92.0 Å². The Morgan fingerprint density at radius 2 is 0.743 bits per heavy atom. The highest BCUT2D eigenvalue weighted by molar-refractivity contribution is 7.12. The van der Waals surface area contributed by atoms with Gasteiger partial charge in [-0.1, -0.05) is 206 Å². The molecule has 0 spiro atoms. The Hall–Kier alpha value is -8.94. The van der Waals surface area contributed by atoms with E-state index in [0.717, 1.165) is 80.8 Å². The van der Waals surface area contributed by atoms with Gasteiger partial charge in [0.15, 0.2) is 11.8 Å². The maximum absolute atomic E-state index is 5.36. The van der Waals surface area contributed by atoms with Gasteiger partial charge in [0.05, 0.1) is 78.3 Å². The molecule has 0 atom stereocenters. The Kier molecular flexibility index (Phi) is 61.3. The fraction of sp³-hybridized carbons (Fsp3) is 0.664. The normalized spacial score (nSPS) is 10.9. The highest BCUT2D eigenvalue weighted by atomic mass is 32.1. The number of aromatic nitrogens is 19. The first-order valence-electron chi connectivity index (χ1n) is 52.9. The standard InChI is InChI=1S/C11H19N.6C9H16N2.3C8H13NO.3C8H13NS.C4H10.C2H6/c1-7(2)11-9(4)8(3)10(5)12(11)6;1-6(2)9-7(3)11(5)8(4)10-9;1-6(2)9-7(3)10-8(4)11(9)5;1-6(2)9-10-7(3)8(4)11(9)5;1-6(2)9-7(3)8(4)11(5)10-9;1-6(2)9-7(3)8(4)10-11(9)5;1-6(2)11-9(5)7(3)8(4)10-11;1-5(2)8-6(3)10-7(4)9-8;1-5(2)8-9-6(3)7(4)10-8;1-5(2)8-6(3)7(4)10-9-8;1-5(2)8-6(3)10-7(4)9-8;1-5(2)8-9-6(3)7(4)10-8;1-5(2)8-6(3)7(4)10-9-8;1-4(2)3;1-2/h7H,1-6H3;6*6H,1-5H3;6*5H,1-4H3;4H,1-3H3;1-2H3. The van der Waals surface area contributed by atoms with E-state index < -0.39 is 0 Å². The van der Waals surface area contributed by atoms with Gasteiger partial charge >= 0.3 is 0 Å². The molecule has 13 aromatic heterocycles. The topological polar surface area (TPSA) is 229 Å². The first-order chi connectivity index (χ1) is 66.1. The number of thiazole rings is 2. The summed E-state index contributed by atoms with van der Waals surface area (Å²) in [4.78, 5) is 34.8. The van der Waals surface area contributed by atoms with Crippen molar-refractivity contribution in [2.24, 2.45) is 48.2 Å². The molecule has 0 unspecified atom stereocenters. The van der Waals surface area contributed by atoms with Crippen LogP contribution in [0.25, 0.3) is 0 Å². The fourth-order valence-electron chi connectivity index (χ4n) is 15.8. The first kappa shape index (κ1) is 137. The molecule has 0 aromatic carbocycles. The molecule has 0 saturated heterocycles. The van der Waals surface area contributed by atoms with E-state index in [2.05, 4.69) is 450 Å². The second-order valence-electron chi connectivity index (χ2n) is 43.0. The average Bonchev–Trinajstić information content (AvgIpc) is 1.65. The minimum Gasteiger partial charge on any atom is -0.446 e. The van der Waals surface area contributed by atoms with Gasteiger partial charge in [-0.25, -0.2) is 34.9 Å². The van der Waals surface area contributed by atoms with Crippen LogP contribution in [0.2, 0.25) is 0 Å². The van der Waals surface area contributed by atoms with Crippen LogP contribution >= 0.6 is 34.2 Å². The van der Waals surface area contributed by atoms with Crippen molar-refractivity contribution in [2.45, 2.75) is 486 Å². The van der Waals surface area contributed by atoms with Crippen LogP contribution in [0.5, 0.6) is 0 Å². The van der Waals surface area contributed by atoms with Crippen LogP contribution in [0.15, 0.2) is 13.4 Å². The second kappa shape index (κ2) is 64.3. The van der Waals surface area contributed by atoms with Gasteiger partial charge < -0.3 is 31.6 Å². The highest BCUT2D eigenvalue weighted by Crippen LogP contribution is 2.31. The number of hydrogen-bond donors (Lipinski definition) is 0. The molecule has 0 bridgehead atoms. The molecule has 0 amide bonds. The predicted octanol–water partition coefficient (Wildman–Crippen LogP) is 34.8. The van der Waals surface area contributed by atoms with Crippen molar-refractivity contribution < 1.29 is 13.4 Å². The molecular weight excluding hydrogens is 1840 g/mol. The Labute approximate surface area is 891 Å². The minimum absolute atomic E-state index is 0.396. The van der Waals surface area contributed by atoms with E-state index in [-0.39, 0.29) is 0 Å². The van der Waals surface area contributed by atoms with Gasteiger partial charge in [-0.3, -0.25) is 14.0 Å². The Bertz CT molecular complexity index is 5350. The van der Waals surface area contributed by atoms with Crippen LogP contribution in [-0.2, 0) is 42.3 Å². The molecule has 0 aliphatic heterocycles. The number of aryl methyl sites for hydroxylation is 18. The molecular formula is C119H209N19O3S3. The average molecular weight is 2050 g/mol. The van der Waals surface area contributed by atoms with E-state index in [1.54, 1.807) is 22.9 Å². The molecule has 0 radical (unpaired) electrons. The third-order valence-electron chi connectivity index (χ3n) is 25.4. The van der Waals surface area contributed by atoms with Gasteiger partial charge in [0.2, 0.25) is 0 Å². The van der Waals surface area contributed by atoms with Gasteiger partial charge in [-0.05, 0) is 305 Å². The summed E-state index contributed by atoms with van der Waals surface area (Å²) in [7, 11) is 12.4. The molecule has 0 aliphatic carbocycles. The summed E-state index contributed by atoms with van der Waals surface area (Å²) in [6.45, 7) is 125. The molecule has 22 nitrogen and oxygen atoms in total. The summed E-state index contributed by atoms with van der Waals surface area (Å²) >= 11 is 5.21. The number of oxazole rings is 2. The molecule has 0 fully saturated rings. The smallest absolute Gasteiger partial charge is 0.197 e. The number of imidazole rings is 3. The zero-order chi connectivity index (χ0) is 113. The van der Waals surface area contributed by atoms with Crippen LogP contribution in [0.3, 0.4) is 0 Å². The van der Waals surface area contributed by atoms with E-state index in [0.29, 0.717) is 77.1 Å². The molecule has 0 aliphatic rings. The third kappa shape index (κ3) is 42.7. The summed E-state index contributed by atoms with van der Waals surface area (Å²) in [5.74, 6) is 15.1. The van der Waals surface area contributed by atoms with Crippen molar-refractivity contribution in [1.82, 2.24) is 92.0 Å². The van der Waals surface area contributed by atoms with Crippen molar-refractivity contribution in [1.29, 1.82) is 0 Å². The first-order valence-corrected chi connectivity index (χ1v) is 55.3. The van der Waals surface area contributed by atoms with E-state index in [1.807, 2.05) is 104 Å². The quantitative estimate of drug-likeness (QED) is 0.105. The van der Waals surface area contributed by atoms with E-state index in [9.17, 15) is 0 Å². The van der Waals surface area contributed by atoms with E-state index in [1.165, 1.54) is 149 Å². The van der Waals surface area contributed by atoms with Crippen LogP contribution in [0, 0.1) is 200 Å². The van der Waals surface area contributed by atoms with Gasteiger partial charge in [0, 0.05) is 139 Å². The van der Waals surface area contributed by atoms with Crippen molar-refractivity contribution in [3.05, 3.63) is 224 Å². The van der Waals surface area contributed by atoms with Gasteiger partial charge in [0.25, 0.3) is 0 Å². The fourth-order valence-corrected chi connectivity index (χ4v) is 18.6. The van der Waals surface area contributed by atoms with Crippen molar-refractivity contribution >= 4 is 34.2 Å². The lowest BCUT2D eigenvalue weighted by atomic mass is 10.0. The minimum atomic E-state index is 0.396. The monoisotopic (exact) mass is 2050 g/mol. The zero-order valence-electron chi connectivity index (χ0n) is 104. The molecule has 25 heteroatoms. The number of nitrogens with zero attached hydrogens (tertiary/aromatic N) is 19.